The lowest BCUT2D eigenvalue weighted by molar-refractivity contribution is -0.143. The van der Waals surface area contributed by atoms with E-state index in [-0.39, 0.29) is 46.9 Å². The molecule has 0 spiro atoms. The molecule has 15 nitrogen and oxygen atoms in total. The Bertz CT molecular complexity index is 1260. The molecular weight excluding hydrogens is 600 g/mol. The molecule has 1 aliphatic rings. The number of aliphatic hydroxyl groups is 1. The number of fused-ring (bicyclic) bond motifs is 1. The van der Waals surface area contributed by atoms with Gasteiger partial charge >= 0.3 is 19.6 Å². The van der Waals surface area contributed by atoms with E-state index in [1.165, 1.54) is 25.1 Å². The van der Waals surface area contributed by atoms with Crippen LogP contribution in [-0.4, -0.2) is 87.9 Å². The Kier molecular flexibility index (Phi) is 11.6. The molecule has 0 aromatic carbocycles. The fourth-order valence-corrected chi connectivity index (χ4v) is 6.49. The molecule has 5 N–H and O–H groups in total. The summed E-state index contributed by atoms with van der Waals surface area (Å²) in [5.41, 5.74) is 6.06. The van der Waals surface area contributed by atoms with Gasteiger partial charge in [0.2, 0.25) is 5.28 Å². The van der Waals surface area contributed by atoms with Crippen LogP contribution < -0.4 is 15.9 Å². The van der Waals surface area contributed by atoms with E-state index in [0.717, 1.165) is 0 Å². The minimum atomic E-state index is -4.30. The number of alkyl halides is 1. The average molecular weight is 638 g/mol. The number of carbonyl (C=O) groups excluding carboxylic acids is 2. The number of aromatic nitrogens is 4. The van der Waals surface area contributed by atoms with Gasteiger partial charge in [0.1, 0.15) is 29.8 Å². The molecule has 6 atom stereocenters. The van der Waals surface area contributed by atoms with E-state index in [1.807, 2.05) is 27.7 Å². The monoisotopic (exact) mass is 637 g/mol. The number of ether oxygens (including phenoxy) is 3. The van der Waals surface area contributed by atoms with Crippen molar-refractivity contribution in [2.75, 3.05) is 26.6 Å². The molecule has 2 aromatic heterocycles. The Morgan fingerprint density at radius 2 is 1.69 bits per heavy atom. The first-order valence-corrected chi connectivity index (χ1v) is 15.3. The number of imidazole rings is 1. The number of aliphatic hydroxyl groups excluding tert-OH is 1. The fraction of sp³-hybridized carbons (Fsp3) is 0.708. The highest BCUT2D eigenvalue weighted by molar-refractivity contribution is 7.54. The first-order chi connectivity index (χ1) is 19.7. The van der Waals surface area contributed by atoms with Crippen LogP contribution in [0.25, 0.3) is 11.2 Å². The van der Waals surface area contributed by atoms with Crippen LogP contribution in [0.15, 0.2) is 6.33 Å². The molecule has 0 bridgehead atoms. The van der Waals surface area contributed by atoms with Gasteiger partial charge in [-0.25, -0.2) is 19.5 Å². The van der Waals surface area contributed by atoms with Crippen molar-refractivity contribution in [3.8, 4) is 0 Å². The maximum absolute atomic E-state index is 15.3. The number of hydrogen-bond acceptors (Lipinski definition) is 12. The van der Waals surface area contributed by atoms with Crippen molar-refractivity contribution in [1.29, 1.82) is 0 Å². The van der Waals surface area contributed by atoms with Crippen molar-refractivity contribution < 1.29 is 42.4 Å². The molecule has 2 unspecified atom stereocenters. The summed E-state index contributed by atoms with van der Waals surface area (Å²) in [6.07, 6.45) is -4.82. The molecule has 0 radical (unpaired) electrons. The summed E-state index contributed by atoms with van der Waals surface area (Å²) in [4.78, 5) is 37.0. The number of rotatable bonds is 14. The number of nitrogens with one attached hydrogen (secondary N) is 2. The lowest BCUT2D eigenvalue weighted by atomic mass is 10.1. The predicted molar refractivity (Wildman–Crippen MR) is 150 cm³/mol. The predicted octanol–water partition coefficient (Wildman–Crippen LogP) is 2.14. The maximum Gasteiger partial charge on any atom is 0.342 e. The molecule has 1 saturated heterocycles. The summed E-state index contributed by atoms with van der Waals surface area (Å²) < 4.78 is 51.9. The molecule has 0 aliphatic carbocycles. The number of hydrogen-bond donors (Lipinski definition) is 4. The number of halogens is 2. The Labute approximate surface area is 247 Å². The van der Waals surface area contributed by atoms with E-state index in [4.69, 9.17) is 36.1 Å². The van der Waals surface area contributed by atoms with Crippen LogP contribution in [0.4, 0.5) is 10.2 Å². The molecule has 3 rings (SSSR count). The first kappa shape index (κ1) is 34.0. The highest BCUT2D eigenvalue weighted by Gasteiger charge is 2.47. The number of nitrogens with two attached hydrogens (primary N) is 1. The third-order valence-electron chi connectivity index (χ3n) is 6.45. The highest BCUT2D eigenvalue weighted by Crippen LogP contribution is 2.43. The molecule has 0 saturated carbocycles. The van der Waals surface area contributed by atoms with Crippen LogP contribution in [-0.2, 0) is 32.9 Å². The Hall–Kier alpha value is -2.46. The molecule has 1 aliphatic heterocycles. The van der Waals surface area contributed by atoms with Gasteiger partial charge < -0.3 is 29.6 Å². The van der Waals surface area contributed by atoms with Gasteiger partial charge in [-0.05, 0) is 36.3 Å². The molecule has 0 amide bonds. The summed E-state index contributed by atoms with van der Waals surface area (Å²) in [5.74, 6) is -1.49. The second kappa shape index (κ2) is 14.3. The average Bonchev–Trinajstić information content (AvgIpc) is 3.45. The second-order valence-corrected chi connectivity index (χ2v) is 12.9. The van der Waals surface area contributed by atoms with Gasteiger partial charge in [-0.15, -0.1) is 0 Å². The van der Waals surface area contributed by atoms with Crippen LogP contribution in [0.3, 0.4) is 0 Å². The molecule has 3 heterocycles. The zero-order chi connectivity index (χ0) is 31.4. The van der Waals surface area contributed by atoms with Crippen LogP contribution in [0, 0.1) is 11.8 Å². The van der Waals surface area contributed by atoms with Gasteiger partial charge in [0.15, 0.2) is 23.9 Å². The molecule has 1 fully saturated rings. The Balaban J connectivity index is 1.87. The zero-order valence-electron chi connectivity index (χ0n) is 24.2. The van der Waals surface area contributed by atoms with Crippen LogP contribution in [0.1, 0.15) is 46.8 Å². The number of nitrogens with zero attached hydrogens (tertiary/aromatic N) is 4. The van der Waals surface area contributed by atoms with E-state index in [2.05, 4.69) is 25.1 Å². The quantitative estimate of drug-likeness (QED) is 0.133. The minimum Gasteiger partial charge on any atom is -0.468 e. The van der Waals surface area contributed by atoms with Crippen molar-refractivity contribution >= 4 is 48.2 Å². The number of methoxy groups -OCH3 is 2. The normalized spacial score (nSPS) is 22.5. The maximum atomic E-state index is 15.3. The lowest BCUT2D eigenvalue weighted by Crippen LogP contribution is -2.45. The van der Waals surface area contributed by atoms with Gasteiger partial charge in [0.05, 0.1) is 27.2 Å². The standard InChI is InChI=1S/C24H38ClFN7O8P/c1-11(2)7-13(22(35)38-5)31-42(37,32-14(8-12(3)4)23(36)39-6)40-9-15-18(34)16(26)21(41-15)33-10-28-17-19(27)29-24(25)30-20(17)33/h10-16,18,21,34H,7-9H2,1-6H3,(H2,27,29,30)(H2,31,32,37)/t13-,14-,15+,16?,18?,21+/m0/s1. The van der Waals surface area contributed by atoms with E-state index < -0.39 is 62.9 Å². The zero-order valence-corrected chi connectivity index (χ0v) is 25.8. The highest BCUT2D eigenvalue weighted by atomic mass is 35.5. The van der Waals surface area contributed by atoms with Gasteiger partial charge in [0, 0.05) is 0 Å². The topological polar surface area (TPSA) is 202 Å². The van der Waals surface area contributed by atoms with E-state index >= 15 is 4.39 Å². The summed E-state index contributed by atoms with van der Waals surface area (Å²) in [5, 5.41) is 15.8. The van der Waals surface area contributed by atoms with Gasteiger partial charge in [-0.1, -0.05) is 27.7 Å². The van der Waals surface area contributed by atoms with Crippen LogP contribution >= 0.6 is 19.3 Å². The van der Waals surface area contributed by atoms with Crippen LogP contribution in [0.5, 0.6) is 0 Å². The van der Waals surface area contributed by atoms with Crippen molar-refractivity contribution in [2.24, 2.45) is 11.8 Å². The lowest BCUT2D eigenvalue weighted by Gasteiger charge is -2.30. The van der Waals surface area contributed by atoms with E-state index in [9.17, 15) is 19.3 Å². The van der Waals surface area contributed by atoms with Crippen LogP contribution in [0.2, 0.25) is 5.28 Å². The number of anilines is 1. The minimum absolute atomic E-state index is 0.0217. The van der Waals surface area contributed by atoms with Gasteiger partial charge in [-0.2, -0.15) is 9.97 Å². The summed E-state index contributed by atoms with van der Waals surface area (Å²) in [7, 11) is -1.93. The van der Waals surface area contributed by atoms with Crippen molar-refractivity contribution in [3.05, 3.63) is 11.6 Å². The smallest absolute Gasteiger partial charge is 0.342 e. The first-order valence-electron chi connectivity index (χ1n) is 13.3. The Morgan fingerprint density at radius 1 is 1.14 bits per heavy atom. The second-order valence-electron chi connectivity index (χ2n) is 10.7. The number of esters is 2. The third-order valence-corrected chi connectivity index (χ3v) is 8.43. The van der Waals surface area contributed by atoms with E-state index in [0.29, 0.717) is 0 Å². The fourth-order valence-electron chi connectivity index (χ4n) is 4.49. The van der Waals surface area contributed by atoms with Crippen molar-refractivity contribution in [2.45, 2.75) is 77.2 Å². The van der Waals surface area contributed by atoms with Crippen molar-refractivity contribution in [3.63, 3.8) is 0 Å². The summed E-state index contributed by atoms with van der Waals surface area (Å²) in [6, 6.07) is -2.18. The summed E-state index contributed by atoms with van der Waals surface area (Å²) >= 11 is 5.91. The van der Waals surface area contributed by atoms with Gasteiger partial charge in [-0.3, -0.25) is 18.7 Å². The largest absolute Gasteiger partial charge is 0.468 e. The number of nitrogen functional groups attached to an aromatic ring is 1. The third kappa shape index (κ3) is 8.13. The SMILES string of the molecule is COC(=O)[C@H](CC(C)C)NP(=O)(N[C@@H](CC(C)C)C(=O)OC)OC[C@H]1O[C@@H](n2cnc3c(N)nc(Cl)nc32)C(F)C1O. The Morgan fingerprint density at radius 3 is 2.19 bits per heavy atom. The molecule has 42 heavy (non-hydrogen) atoms. The number of carbonyl (C=O) groups is 2. The molecule has 2 aromatic rings. The molecule has 236 valence electrons. The van der Waals surface area contributed by atoms with Crippen molar-refractivity contribution in [1.82, 2.24) is 29.7 Å². The molecular formula is C24H38ClFN7O8P. The van der Waals surface area contributed by atoms with E-state index in [1.54, 1.807) is 0 Å². The van der Waals surface area contributed by atoms with Gasteiger partial charge in [0.25, 0.3) is 0 Å². The summed E-state index contributed by atoms with van der Waals surface area (Å²) in [6.45, 7) is 6.79. The molecule has 18 heteroatoms.